The number of aliphatic carboxylic acids is 1. The number of carboxylic acid groups (broad SMARTS) is 1. The second-order valence-electron chi connectivity index (χ2n) is 7.03. The number of fused-ring (bicyclic) bond motifs is 2. The molecule has 3 nitrogen and oxygen atoms in total. The van der Waals surface area contributed by atoms with Crippen molar-refractivity contribution in [3.05, 3.63) is 64.7 Å². The van der Waals surface area contributed by atoms with Crippen molar-refractivity contribution in [2.45, 2.75) is 19.3 Å². The highest BCUT2D eigenvalue weighted by Gasteiger charge is 2.34. The zero-order chi connectivity index (χ0) is 18.3. The molecule has 0 heterocycles. The average Bonchev–Trinajstić information content (AvgIpc) is 3.24. The van der Waals surface area contributed by atoms with Gasteiger partial charge in [-0.2, -0.15) is 0 Å². The number of hydrogen-bond acceptors (Lipinski definition) is 2. The van der Waals surface area contributed by atoms with Crippen molar-refractivity contribution < 1.29 is 15.0 Å². The third-order valence-electron chi connectivity index (χ3n) is 5.36. The Morgan fingerprint density at radius 1 is 1.12 bits per heavy atom. The number of carboxylic acids is 1. The van der Waals surface area contributed by atoms with Gasteiger partial charge < -0.3 is 10.2 Å². The van der Waals surface area contributed by atoms with Crippen LogP contribution >= 0.6 is 11.6 Å². The molecule has 26 heavy (non-hydrogen) atoms. The summed E-state index contributed by atoms with van der Waals surface area (Å²) >= 11 is 6.44. The SMILES string of the molecule is O=C(O)/C=C/c1ccc(-c2ccc(O)c(C3=CC4CCC3C4)c2)c(Cl)c1. The number of halogens is 1. The molecule has 0 aromatic heterocycles. The second-order valence-corrected chi connectivity index (χ2v) is 7.44. The van der Waals surface area contributed by atoms with Crippen LogP contribution in [0.4, 0.5) is 0 Å². The van der Waals surface area contributed by atoms with E-state index in [2.05, 4.69) is 6.08 Å². The molecule has 0 radical (unpaired) electrons. The van der Waals surface area contributed by atoms with Crippen LogP contribution in [0.5, 0.6) is 5.75 Å². The lowest BCUT2D eigenvalue weighted by atomic mass is 9.89. The summed E-state index contributed by atoms with van der Waals surface area (Å²) in [5.74, 6) is 0.527. The van der Waals surface area contributed by atoms with Gasteiger partial charge in [0.15, 0.2) is 0 Å². The first-order valence-electron chi connectivity index (χ1n) is 8.77. The van der Waals surface area contributed by atoms with Crippen molar-refractivity contribution in [2.75, 3.05) is 0 Å². The van der Waals surface area contributed by atoms with Crippen molar-refractivity contribution in [1.82, 2.24) is 0 Å². The summed E-state index contributed by atoms with van der Waals surface area (Å²) < 4.78 is 0. The molecule has 2 aromatic carbocycles. The van der Waals surface area contributed by atoms with E-state index in [1.807, 2.05) is 24.3 Å². The van der Waals surface area contributed by atoms with Gasteiger partial charge in [0.05, 0.1) is 0 Å². The van der Waals surface area contributed by atoms with Crippen LogP contribution in [0.25, 0.3) is 22.8 Å². The number of phenols is 1. The molecule has 2 aromatic rings. The van der Waals surface area contributed by atoms with E-state index in [9.17, 15) is 9.90 Å². The fourth-order valence-electron chi connectivity index (χ4n) is 4.12. The first kappa shape index (κ1) is 16.9. The molecule has 4 heteroatoms. The van der Waals surface area contributed by atoms with E-state index < -0.39 is 5.97 Å². The Hall–Kier alpha value is -2.52. The van der Waals surface area contributed by atoms with Crippen LogP contribution in [0.1, 0.15) is 30.4 Å². The maximum absolute atomic E-state index is 10.6. The molecule has 2 bridgehead atoms. The fourth-order valence-corrected chi connectivity index (χ4v) is 4.42. The molecule has 2 aliphatic carbocycles. The normalized spacial score (nSPS) is 21.3. The Balaban J connectivity index is 1.69. The lowest BCUT2D eigenvalue weighted by Gasteiger charge is -2.16. The number of rotatable bonds is 4. The summed E-state index contributed by atoms with van der Waals surface area (Å²) in [6.45, 7) is 0. The monoisotopic (exact) mass is 366 g/mol. The van der Waals surface area contributed by atoms with E-state index in [4.69, 9.17) is 16.7 Å². The van der Waals surface area contributed by atoms with Crippen LogP contribution in [0.2, 0.25) is 5.02 Å². The first-order valence-corrected chi connectivity index (χ1v) is 9.15. The van der Waals surface area contributed by atoms with Crippen molar-refractivity contribution in [3.8, 4) is 16.9 Å². The molecule has 2 aliphatic rings. The maximum atomic E-state index is 10.6. The van der Waals surface area contributed by atoms with Gasteiger partial charge >= 0.3 is 5.97 Å². The Morgan fingerprint density at radius 3 is 2.62 bits per heavy atom. The van der Waals surface area contributed by atoms with E-state index in [-0.39, 0.29) is 0 Å². The minimum Gasteiger partial charge on any atom is -0.507 e. The third-order valence-corrected chi connectivity index (χ3v) is 5.67. The lowest BCUT2D eigenvalue weighted by Crippen LogP contribution is -1.97. The minimum atomic E-state index is -0.993. The molecule has 0 aliphatic heterocycles. The highest BCUT2D eigenvalue weighted by molar-refractivity contribution is 6.33. The van der Waals surface area contributed by atoms with Crippen molar-refractivity contribution in [1.29, 1.82) is 0 Å². The van der Waals surface area contributed by atoms with Gasteiger partial charge in [0.1, 0.15) is 5.75 Å². The van der Waals surface area contributed by atoms with Crippen LogP contribution in [-0.4, -0.2) is 16.2 Å². The topological polar surface area (TPSA) is 57.5 Å². The molecular weight excluding hydrogens is 348 g/mol. The zero-order valence-corrected chi connectivity index (χ0v) is 14.9. The summed E-state index contributed by atoms with van der Waals surface area (Å²) in [5, 5.41) is 19.7. The first-order chi connectivity index (χ1) is 12.5. The van der Waals surface area contributed by atoms with Gasteiger partial charge in [-0.3, -0.25) is 0 Å². The van der Waals surface area contributed by atoms with E-state index in [0.717, 1.165) is 28.3 Å². The molecule has 1 fully saturated rings. The zero-order valence-electron chi connectivity index (χ0n) is 14.2. The number of carbonyl (C=O) groups is 1. The molecule has 2 N–H and O–H groups in total. The van der Waals surface area contributed by atoms with Crippen LogP contribution in [0.15, 0.2) is 48.6 Å². The summed E-state index contributed by atoms with van der Waals surface area (Å²) in [6, 6.07) is 11.1. The Kier molecular flexibility index (Phi) is 4.33. The van der Waals surface area contributed by atoms with Crippen molar-refractivity contribution in [2.24, 2.45) is 11.8 Å². The molecule has 0 amide bonds. The highest BCUT2D eigenvalue weighted by Crippen LogP contribution is 2.50. The van der Waals surface area contributed by atoms with E-state index in [1.54, 1.807) is 12.1 Å². The van der Waals surface area contributed by atoms with Crippen LogP contribution in [-0.2, 0) is 4.79 Å². The quantitative estimate of drug-likeness (QED) is 0.690. The van der Waals surface area contributed by atoms with Crippen molar-refractivity contribution >= 4 is 29.2 Å². The number of hydrogen-bond donors (Lipinski definition) is 2. The molecule has 0 saturated heterocycles. The average molecular weight is 367 g/mol. The predicted molar refractivity (Wildman–Crippen MR) is 104 cm³/mol. The van der Waals surface area contributed by atoms with Gasteiger partial charge in [-0.25, -0.2) is 4.79 Å². The summed E-state index contributed by atoms with van der Waals surface area (Å²) in [6.07, 6.45) is 8.57. The highest BCUT2D eigenvalue weighted by atomic mass is 35.5. The summed E-state index contributed by atoms with van der Waals surface area (Å²) in [7, 11) is 0. The predicted octanol–water partition coefficient (Wildman–Crippen LogP) is 5.62. The Labute approximate surface area is 157 Å². The summed E-state index contributed by atoms with van der Waals surface area (Å²) in [5.41, 5.74) is 4.71. The van der Waals surface area contributed by atoms with E-state index >= 15 is 0 Å². The maximum Gasteiger partial charge on any atom is 0.328 e. The molecule has 2 unspecified atom stereocenters. The van der Waals surface area contributed by atoms with Gasteiger partial charge in [-0.05, 0) is 72.1 Å². The smallest absolute Gasteiger partial charge is 0.328 e. The summed E-state index contributed by atoms with van der Waals surface area (Å²) in [4.78, 5) is 10.6. The minimum absolute atomic E-state index is 0.310. The molecule has 4 rings (SSSR count). The van der Waals surface area contributed by atoms with Gasteiger partial charge in [-0.15, -0.1) is 0 Å². The van der Waals surface area contributed by atoms with Gasteiger partial charge in [0.25, 0.3) is 0 Å². The molecular formula is C22H19ClO3. The van der Waals surface area contributed by atoms with Crippen LogP contribution < -0.4 is 0 Å². The third kappa shape index (κ3) is 3.15. The van der Waals surface area contributed by atoms with Gasteiger partial charge in [0.2, 0.25) is 0 Å². The second kappa shape index (κ2) is 6.65. The molecule has 2 atom stereocenters. The largest absolute Gasteiger partial charge is 0.507 e. The molecule has 1 saturated carbocycles. The standard InChI is InChI=1S/C22H19ClO3/c23-20-11-13(3-8-22(25)26)2-6-17(20)16-5-7-21(24)19(12-16)18-10-14-1-4-15(18)9-14/h2-3,5-8,10-12,14-15,24H,1,4,9H2,(H,25,26)/b8-3+. The van der Waals surface area contributed by atoms with Gasteiger partial charge in [-0.1, -0.05) is 35.9 Å². The number of aromatic hydroxyl groups is 1. The van der Waals surface area contributed by atoms with Gasteiger partial charge in [0, 0.05) is 22.2 Å². The number of phenolic OH excluding ortho intramolecular Hbond substituents is 1. The van der Waals surface area contributed by atoms with Crippen LogP contribution in [0, 0.1) is 11.8 Å². The fraction of sp³-hybridized carbons (Fsp3) is 0.227. The van der Waals surface area contributed by atoms with Crippen molar-refractivity contribution in [3.63, 3.8) is 0 Å². The van der Waals surface area contributed by atoms with E-state index in [1.165, 1.54) is 30.9 Å². The Bertz CT molecular complexity index is 942. The molecule has 132 valence electrons. The van der Waals surface area contributed by atoms with Crippen LogP contribution in [0.3, 0.4) is 0 Å². The molecule has 0 spiro atoms. The Morgan fingerprint density at radius 2 is 1.96 bits per heavy atom. The number of allylic oxidation sites excluding steroid dienone is 2. The van der Waals surface area contributed by atoms with E-state index in [0.29, 0.717) is 22.6 Å². The number of benzene rings is 2. The lowest BCUT2D eigenvalue weighted by molar-refractivity contribution is -0.131.